The summed E-state index contributed by atoms with van der Waals surface area (Å²) in [6.45, 7) is 0.545. The number of hydrazine groups is 1. The molecule has 0 aromatic carbocycles. The predicted molar refractivity (Wildman–Crippen MR) is 82.4 cm³/mol. The van der Waals surface area contributed by atoms with Crippen LogP contribution in [0.25, 0.3) is 0 Å². The number of hydrogen-bond donors (Lipinski definition) is 4. The molecule has 0 amide bonds. The van der Waals surface area contributed by atoms with Crippen LogP contribution in [-0.4, -0.2) is 16.3 Å². The van der Waals surface area contributed by atoms with E-state index >= 15 is 0 Å². The smallest absolute Gasteiger partial charge is 0.185 e. The standard InChI is InChI=1S/C12H18N4OS2/c18-11(13-8-10-6-3-7-17-10)15-16-12(19)14-9-4-1-2-5-9/h3,6-7,9H,1-2,4-5,8H2,(H2,13,15,18)(H2,14,16,19). The lowest BCUT2D eigenvalue weighted by molar-refractivity contribution is 0.502. The van der Waals surface area contributed by atoms with Gasteiger partial charge in [-0.15, -0.1) is 0 Å². The molecule has 1 aromatic rings. The highest BCUT2D eigenvalue weighted by atomic mass is 32.1. The molecule has 0 saturated heterocycles. The molecule has 1 aliphatic rings. The van der Waals surface area contributed by atoms with Gasteiger partial charge in [-0.25, -0.2) is 0 Å². The lowest BCUT2D eigenvalue weighted by atomic mass is 10.3. The normalized spacial score (nSPS) is 14.9. The molecule has 19 heavy (non-hydrogen) atoms. The first-order chi connectivity index (χ1) is 9.24. The van der Waals surface area contributed by atoms with Crippen molar-refractivity contribution >= 4 is 34.7 Å². The summed E-state index contributed by atoms with van der Waals surface area (Å²) >= 11 is 10.3. The quantitative estimate of drug-likeness (QED) is 0.499. The van der Waals surface area contributed by atoms with Gasteiger partial charge in [-0.3, -0.25) is 10.9 Å². The Morgan fingerprint density at radius 1 is 1.21 bits per heavy atom. The zero-order valence-electron chi connectivity index (χ0n) is 10.6. The van der Waals surface area contributed by atoms with Gasteiger partial charge in [-0.2, -0.15) is 0 Å². The third-order valence-corrected chi connectivity index (χ3v) is 3.45. The second-order valence-electron chi connectivity index (χ2n) is 4.47. The Morgan fingerprint density at radius 3 is 2.63 bits per heavy atom. The average Bonchev–Trinajstić information content (AvgIpc) is 3.06. The van der Waals surface area contributed by atoms with Crippen molar-refractivity contribution in [3.63, 3.8) is 0 Å². The van der Waals surface area contributed by atoms with Crippen LogP contribution in [0.1, 0.15) is 31.4 Å². The van der Waals surface area contributed by atoms with Crippen LogP contribution < -0.4 is 21.5 Å². The van der Waals surface area contributed by atoms with Crippen molar-refractivity contribution in [2.24, 2.45) is 0 Å². The first-order valence-corrected chi connectivity index (χ1v) is 7.18. The van der Waals surface area contributed by atoms with E-state index in [1.54, 1.807) is 6.26 Å². The highest BCUT2D eigenvalue weighted by Gasteiger charge is 2.15. The van der Waals surface area contributed by atoms with Gasteiger partial charge in [0.1, 0.15) is 5.76 Å². The van der Waals surface area contributed by atoms with E-state index in [9.17, 15) is 0 Å². The molecule has 104 valence electrons. The molecule has 0 spiro atoms. The Balaban J connectivity index is 1.58. The van der Waals surface area contributed by atoms with Gasteiger partial charge in [0.05, 0.1) is 12.8 Å². The summed E-state index contributed by atoms with van der Waals surface area (Å²) in [4.78, 5) is 0. The van der Waals surface area contributed by atoms with Crippen LogP contribution in [0.5, 0.6) is 0 Å². The molecule has 0 radical (unpaired) electrons. The van der Waals surface area contributed by atoms with Crippen LogP contribution in [0.15, 0.2) is 22.8 Å². The number of furan rings is 1. The maximum atomic E-state index is 5.19. The van der Waals surface area contributed by atoms with Crippen LogP contribution in [0.3, 0.4) is 0 Å². The molecule has 0 bridgehead atoms. The minimum Gasteiger partial charge on any atom is -0.467 e. The number of hydrogen-bond acceptors (Lipinski definition) is 3. The number of rotatable bonds is 3. The van der Waals surface area contributed by atoms with Crippen LogP contribution in [0.4, 0.5) is 0 Å². The van der Waals surface area contributed by atoms with Crippen molar-refractivity contribution in [3.8, 4) is 0 Å². The third kappa shape index (κ3) is 5.04. The molecule has 7 heteroatoms. The van der Waals surface area contributed by atoms with Crippen molar-refractivity contribution in [3.05, 3.63) is 24.2 Å². The third-order valence-electron chi connectivity index (χ3n) is 2.98. The molecule has 1 aliphatic carbocycles. The first-order valence-electron chi connectivity index (χ1n) is 6.37. The second-order valence-corrected chi connectivity index (χ2v) is 5.28. The van der Waals surface area contributed by atoms with E-state index in [0.717, 1.165) is 5.76 Å². The molecule has 0 atom stereocenters. The molecule has 2 rings (SSSR count). The molecule has 5 nitrogen and oxygen atoms in total. The van der Waals surface area contributed by atoms with Gasteiger partial charge in [0.25, 0.3) is 0 Å². The van der Waals surface area contributed by atoms with E-state index in [1.807, 2.05) is 12.1 Å². The van der Waals surface area contributed by atoms with E-state index in [-0.39, 0.29) is 0 Å². The van der Waals surface area contributed by atoms with Crippen LogP contribution in [0.2, 0.25) is 0 Å². The Hall–Kier alpha value is -1.34. The highest BCUT2D eigenvalue weighted by molar-refractivity contribution is 7.80. The molecular formula is C12H18N4OS2. The Bertz CT molecular complexity index is 415. The highest BCUT2D eigenvalue weighted by Crippen LogP contribution is 2.17. The van der Waals surface area contributed by atoms with E-state index in [0.29, 0.717) is 22.8 Å². The minimum absolute atomic E-state index is 0.479. The van der Waals surface area contributed by atoms with E-state index < -0.39 is 0 Å². The lowest BCUT2D eigenvalue weighted by Gasteiger charge is -2.17. The molecule has 1 fully saturated rings. The largest absolute Gasteiger partial charge is 0.467 e. The summed E-state index contributed by atoms with van der Waals surface area (Å²) in [7, 11) is 0. The fourth-order valence-electron chi connectivity index (χ4n) is 2.03. The topological polar surface area (TPSA) is 61.3 Å². The molecule has 4 N–H and O–H groups in total. The molecule has 1 aromatic heterocycles. The SMILES string of the molecule is S=C(NCc1ccco1)NNC(=S)NC1CCCC1. The van der Waals surface area contributed by atoms with E-state index in [4.69, 9.17) is 28.9 Å². The van der Waals surface area contributed by atoms with Gasteiger partial charge in [0.2, 0.25) is 0 Å². The van der Waals surface area contributed by atoms with Gasteiger partial charge >= 0.3 is 0 Å². The summed E-state index contributed by atoms with van der Waals surface area (Å²) in [5.74, 6) is 0.829. The summed E-state index contributed by atoms with van der Waals surface area (Å²) < 4.78 is 5.19. The zero-order chi connectivity index (χ0) is 13.5. The molecular weight excluding hydrogens is 280 g/mol. The predicted octanol–water partition coefficient (Wildman–Crippen LogP) is 1.57. The van der Waals surface area contributed by atoms with Crippen molar-refractivity contribution in [1.29, 1.82) is 0 Å². The average molecular weight is 298 g/mol. The first kappa shape index (κ1) is 14.1. The van der Waals surface area contributed by atoms with Crippen molar-refractivity contribution in [2.75, 3.05) is 0 Å². The van der Waals surface area contributed by atoms with Crippen LogP contribution >= 0.6 is 24.4 Å². The lowest BCUT2D eigenvalue weighted by Crippen LogP contribution is -2.51. The van der Waals surface area contributed by atoms with Crippen molar-refractivity contribution in [2.45, 2.75) is 38.3 Å². The fourth-order valence-corrected chi connectivity index (χ4v) is 2.37. The fraction of sp³-hybridized carbons (Fsp3) is 0.500. The van der Waals surface area contributed by atoms with E-state index in [2.05, 4.69) is 21.5 Å². The van der Waals surface area contributed by atoms with Crippen LogP contribution in [0, 0.1) is 0 Å². The number of nitrogens with one attached hydrogen (secondary N) is 4. The van der Waals surface area contributed by atoms with Gasteiger partial charge in [-0.1, -0.05) is 12.8 Å². The van der Waals surface area contributed by atoms with Crippen molar-refractivity contribution < 1.29 is 4.42 Å². The molecule has 1 heterocycles. The van der Waals surface area contributed by atoms with Gasteiger partial charge in [-0.05, 0) is 49.4 Å². The van der Waals surface area contributed by atoms with Gasteiger partial charge < -0.3 is 15.1 Å². The minimum atomic E-state index is 0.479. The summed E-state index contributed by atoms with van der Waals surface area (Å²) in [5, 5.41) is 7.32. The maximum absolute atomic E-state index is 5.19. The molecule has 0 aliphatic heterocycles. The summed E-state index contributed by atoms with van der Waals surface area (Å²) in [5.41, 5.74) is 5.72. The second kappa shape index (κ2) is 7.30. The van der Waals surface area contributed by atoms with Gasteiger partial charge in [0.15, 0.2) is 10.2 Å². The summed E-state index contributed by atoms with van der Waals surface area (Å²) in [6, 6.07) is 4.22. The van der Waals surface area contributed by atoms with Gasteiger partial charge in [0, 0.05) is 6.04 Å². The summed E-state index contributed by atoms with van der Waals surface area (Å²) in [6.07, 6.45) is 6.55. The van der Waals surface area contributed by atoms with Crippen LogP contribution in [-0.2, 0) is 6.54 Å². The Labute approximate surface area is 123 Å². The number of thiocarbonyl (C=S) groups is 2. The molecule has 1 saturated carbocycles. The molecule has 0 unspecified atom stereocenters. The van der Waals surface area contributed by atoms with Crippen molar-refractivity contribution in [1.82, 2.24) is 21.5 Å². The zero-order valence-corrected chi connectivity index (χ0v) is 12.2. The monoisotopic (exact) mass is 298 g/mol. The maximum Gasteiger partial charge on any atom is 0.185 e. The van der Waals surface area contributed by atoms with E-state index in [1.165, 1.54) is 25.7 Å². The Kier molecular flexibility index (Phi) is 5.41. The Morgan fingerprint density at radius 2 is 1.95 bits per heavy atom.